The van der Waals surface area contributed by atoms with Crippen LogP contribution in [0, 0.1) is 5.92 Å². The number of allylic oxidation sites excluding steroid dienone is 2. The number of carbonyl (C=O) groups excluding carboxylic acids is 1. The summed E-state index contributed by atoms with van der Waals surface area (Å²) in [5.41, 5.74) is 4.76. The van der Waals surface area contributed by atoms with Crippen molar-refractivity contribution in [1.82, 2.24) is 4.90 Å². The van der Waals surface area contributed by atoms with Crippen LogP contribution in [0.2, 0.25) is 0 Å². The van der Waals surface area contributed by atoms with Crippen molar-refractivity contribution in [3.8, 4) is 0 Å². The summed E-state index contributed by atoms with van der Waals surface area (Å²) in [7, 11) is 0. The molecule has 0 fully saturated rings. The number of hydrogen-bond acceptors (Lipinski definition) is 2. The fourth-order valence-corrected chi connectivity index (χ4v) is 3.78. The molecule has 0 radical (unpaired) electrons. The van der Waals surface area contributed by atoms with Crippen molar-refractivity contribution < 1.29 is 4.79 Å². The monoisotopic (exact) mass is 301 g/mol. The molecule has 23 heavy (non-hydrogen) atoms. The third kappa shape index (κ3) is 2.40. The molecule has 0 saturated heterocycles. The van der Waals surface area contributed by atoms with Crippen molar-refractivity contribution in [3.05, 3.63) is 90.1 Å². The molecule has 0 saturated carbocycles. The molecule has 0 unspecified atom stereocenters. The molecule has 2 atom stereocenters. The first-order valence-corrected chi connectivity index (χ1v) is 8.03. The van der Waals surface area contributed by atoms with Gasteiger partial charge < -0.3 is 4.90 Å². The highest BCUT2D eigenvalue weighted by Crippen LogP contribution is 2.45. The minimum Gasteiger partial charge on any atom is -0.365 e. The Bertz CT molecular complexity index is 790. The Morgan fingerprint density at radius 1 is 1.04 bits per heavy atom. The molecular weight excluding hydrogens is 282 g/mol. The van der Waals surface area contributed by atoms with Crippen molar-refractivity contribution in [1.29, 1.82) is 0 Å². The Kier molecular flexibility index (Phi) is 3.38. The smallest absolute Gasteiger partial charge is 0.162 e. The molecule has 2 aromatic rings. The SMILES string of the molecule is C=C1C[C@@H]2C(=O)C=CN(Cc3ccccc3)[C@H]2c2ccccc21. The highest BCUT2D eigenvalue weighted by atomic mass is 16.1. The van der Waals surface area contributed by atoms with Crippen molar-refractivity contribution in [2.75, 3.05) is 0 Å². The van der Waals surface area contributed by atoms with Gasteiger partial charge in [0.15, 0.2) is 5.78 Å². The van der Waals surface area contributed by atoms with E-state index in [9.17, 15) is 4.79 Å². The molecule has 2 aromatic carbocycles. The van der Waals surface area contributed by atoms with Gasteiger partial charge in [0.1, 0.15) is 0 Å². The average molecular weight is 301 g/mol. The van der Waals surface area contributed by atoms with Crippen molar-refractivity contribution >= 4 is 11.4 Å². The number of carbonyl (C=O) groups is 1. The van der Waals surface area contributed by atoms with E-state index < -0.39 is 0 Å². The topological polar surface area (TPSA) is 20.3 Å². The van der Waals surface area contributed by atoms with Crippen LogP contribution in [-0.2, 0) is 11.3 Å². The van der Waals surface area contributed by atoms with Gasteiger partial charge in [-0.3, -0.25) is 4.79 Å². The average Bonchev–Trinajstić information content (AvgIpc) is 2.59. The van der Waals surface area contributed by atoms with E-state index in [0.717, 1.165) is 18.5 Å². The van der Waals surface area contributed by atoms with Gasteiger partial charge in [-0.25, -0.2) is 0 Å². The fraction of sp³-hybridized carbons (Fsp3) is 0.190. The van der Waals surface area contributed by atoms with E-state index in [1.807, 2.05) is 18.3 Å². The van der Waals surface area contributed by atoms with E-state index in [1.165, 1.54) is 16.7 Å². The van der Waals surface area contributed by atoms with Crippen LogP contribution in [0.1, 0.15) is 29.2 Å². The molecule has 2 heteroatoms. The highest BCUT2D eigenvalue weighted by molar-refractivity contribution is 5.95. The third-order valence-corrected chi connectivity index (χ3v) is 4.87. The van der Waals surface area contributed by atoms with E-state index in [1.54, 1.807) is 6.08 Å². The predicted octanol–water partition coefficient (Wildman–Crippen LogP) is 4.36. The first-order valence-electron chi connectivity index (χ1n) is 8.03. The second kappa shape index (κ2) is 5.54. The number of nitrogens with zero attached hydrogens (tertiary/aromatic N) is 1. The standard InChI is InChI=1S/C21H19NO/c1-15-13-19-20(23)11-12-22(14-16-7-3-2-4-8-16)21(19)18-10-6-5-9-17(15)18/h2-12,19,21H,1,13-14H2/t19-,21+/m1/s1. The van der Waals surface area contributed by atoms with Crippen molar-refractivity contribution in [2.24, 2.45) is 5.92 Å². The first kappa shape index (κ1) is 14.0. The molecule has 0 bridgehead atoms. The summed E-state index contributed by atoms with van der Waals surface area (Å²) in [4.78, 5) is 14.7. The summed E-state index contributed by atoms with van der Waals surface area (Å²) < 4.78 is 0. The maximum atomic E-state index is 12.4. The molecule has 1 aliphatic carbocycles. The molecule has 4 rings (SSSR count). The lowest BCUT2D eigenvalue weighted by Gasteiger charge is -2.43. The lowest BCUT2D eigenvalue weighted by Crippen LogP contribution is -2.39. The molecule has 2 nitrogen and oxygen atoms in total. The van der Waals surface area contributed by atoms with E-state index in [0.29, 0.717) is 0 Å². The summed E-state index contributed by atoms with van der Waals surface area (Å²) in [5, 5.41) is 0. The van der Waals surface area contributed by atoms with Gasteiger partial charge in [0, 0.05) is 12.7 Å². The molecule has 0 amide bonds. The van der Waals surface area contributed by atoms with Gasteiger partial charge in [-0.05, 0) is 34.8 Å². The van der Waals surface area contributed by atoms with Crippen molar-refractivity contribution in [3.63, 3.8) is 0 Å². The first-order chi connectivity index (χ1) is 11.2. The maximum Gasteiger partial charge on any atom is 0.162 e. The molecule has 2 aliphatic rings. The van der Waals surface area contributed by atoms with Crippen LogP contribution in [0.4, 0.5) is 0 Å². The van der Waals surface area contributed by atoms with Crippen LogP contribution in [-0.4, -0.2) is 10.7 Å². The summed E-state index contributed by atoms with van der Waals surface area (Å²) in [6, 6.07) is 18.9. The Morgan fingerprint density at radius 2 is 1.78 bits per heavy atom. The quantitative estimate of drug-likeness (QED) is 0.821. The number of rotatable bonds is 2. The molecule has 114 valence electrons. The Morgan fingerprint density at radius 3 is 2.61 bits per heavy atom. The van der Waals surface area contributed by atoms with Gasteiger partial charge in [-0.1, -0.05) is 61.2 Å². The number of ketones is 1. The fourth-order valence-electron chi connectivity index (χ4n) is 3.78. The molecule has 0 N–H and O–H groups in total. The summed E-state index contributed by atoms with van der Waals surface area (Å²) in [5.74, 6) is 0.195. The zero-order valence-corrected chi connectivity index (χ0v) is 13.0. The summed E-state index contributed by atoms with van der Waals surface area (Å²) >= 11 is 0. The summed E-state index contributed by atoms with van der Waals surface area (Å²) in [6.07, 6.45) is 4.43. The number of fused-ring (bicyclic) bond motifs is 3. The molecule has 0 spiro atoms. The normalized spacial score (nSPS) is 22.7. The molecule has 1 heterocycles. The van der Waals surface area contributed by atoms with E-state index >= 15 is 0 Å². The Hall–Kier alpha value is -2.61. The predicted molar refractivity (Wildman–Crippen MR) is 92.5 cm³/mol. The van der Waals surface area contributed by atoms with Crippen LogP contribution >= 0.6 is 0 Å². The minimum atomic E-state index is -0.0221. The van der Waals surface area contributed by atoms with E-state index in [4.69, 9.17) is 0 Å². The number of benzene rings is 2. The van der Waals surface area contributed by atoms with Crippen LogP contribution in [0.5, 0.6) is 0 Å². The lowest BCUT2D eigenvalue weighted by atomic mass is 9.73. The van der Waals surface area contributed by atoms with Crippen LogP contribution in [0.25, 0.3) is 5.57 Å². The molecule has 0 aromatic heterocycles. The van der Waals surface area contributed by atoms with Gasteiger partial charge in [0.2, 0.25) is 0 Å². The van der Waals surface area contributed by atoms with Gasteiger partial charge in [0.05, 0.1) is 12.0 Å². The Balaban J connectivity index is 1.77. The molecule has 1 aliphatic heterocycles. The third-order valence-electron chi connectivity index (χ3n) is 4.87. The van der Waals surface area contributed by atoms with E-state index in [2.05, 4.69) is 53.9 Å². The number of hydrogen-bond donors (Lipinski definition) is 0. The van der Waals surface area contributed by atoms with Crippen LogP contribution in [0.3, 0.4) is 0 Å². The minimum absolute atomic E-state index is 0.0221. The van der Waals surface area contributed by atoms with Gasteiger partial charge in [-0.2, -0.15) is 0 Å². The highest BCUT2D eigenvalue weighted by Gasteiger charge is 2.39. The van der Waals surface area contributed by atoms with Crippen molar-refractivity contribution in [2.45, 2.75) is 19.0 Å². The van der Waals surface area contributed by atoms with E-state index in [-0.39, 0.29) is 17.7 Å². The van der Waals surface area contributed by atoms with Gasteiger partial charge in [0.25, 0.3) is 0 Å². The largest absolute Gasteiger partial charge is 0.365 e. The second-order valence-electron chi connectivity index (χ2n) is 6.32. The zero-order chi connectivity index (χ0) is 15.8. The Labute approximate surface area is 136 Å². The summed E-state index contributed by atoms with van der Waals surface area (Å²) in [6.45, 7) is 5.01. The lowest BCUT2D eigenvalue weighted by molar-refractivity contribution is -0.121. The second-order valence-corrected chi connectivity index (χ2v) is 6.32. The van der Waals surface area contributed by atoms with Gasteiger partial charge >= 0.3 is 0 Å². The zero-order valence-electron chi connectivity index (χ0n) is 13.0. The van der Waals surface area contributed by atoms with Crippen LogP contribution < -0.4 is 0 Å². The maximum absolute atomic E-state index is 12.4. The van der Waals surface area contributed by atoms with Crippen LogP contribution in [0.15, 0.2) is 73.5 Å². The molecular formula is C21H19NO. The van der Waals surface area contributed by atoms with Gasteiger partial charge in [-0.15, -0.1) is 0 Å².